The molecule has 0 aliphatic rings. The SMILES string of the molecule is COC(=O)NC[C@@H](O)c1ccc(C#N)cc1. The Morgan fingerprint density at radius 2 is 2.19 bits per heavy atom. The number of carbonyl (C=O) groups excluding carboxylic acids is 1. The number of aliphatic hydroxyl groups is 1. The molecule has 0 heterocycles. The molecule has 84 valence electrons. The van der Waals surface area contributed by atoms with E-state index in [0.29, 0.717) is 11.1 Å². The predicted octanol–water partition coefficient (Wildman–Crippen LogP) is 0.948. The summed E-state index contributed by atoms with van der Waals surface area (Å²) in [5.74, 6) is 0. The number of ether oxygens (including phenoxy) is 1. The molecule has 0 aliphatic heterocycles. The number of aliphatic hydroxyl groups excluding tert-OH is 1. The smallest absolute Gasteiger partial charge is 0.406 e. The zero-order chi connectivity index (χ0) is 12.0. The van der Waals surface area contributed by atoms with Crippen LogP contribution in [0.2, 0.25) is 0 Å². The fraction of sp³-hybridized carbons (Fsp3) is 0.273. The molecule has 1 rings (SSSR count). The summed E-state index contributed by atoms with van der Waals surface area (Å²) in [6, 6.07) is 8.48. The molecule has 2 N–H and O–H groups in total. The number of benzene rings is 1. The monoisotopic (exact) mass is 220 g/mol. The van der Waals surface area contributed by atoms with E-state index in [1.807, 2.05) is 6.07 Å². The lowest BCUT2D eigenvalue weighted by molar-refractivity contribution is 0.147. The molecule has 1 aromatic carbocycles. The van der Waals surface area contributed by atoms with Crippen molar-refractivity contribution in [3.8, 4) is 6.07 Å². The van der Waals surface area contributed by atoms with Gasteiger partial charge in [0.1, 0.15) is 0 Å². The molecule has 0 bridgehead atoms. The number of amides is 1. The minimum absolute atomic E-state index is 0.0680. The molecule has 0 saturated carbocycles. The van der Waals surface area contributed by atoms with E-state index in [4.69, 9.17) is 5.26 Å². The highest BCUT2D eigenvalue weighted by Gasteiger charge is 2.09. The molecule has 0 radical (unpaired) electrons. The maximum atomic E-state index is 10.8. The fourth-order valence-corrected chi connectivity index (χ4v) is 1.15. The van der Waals surface area contributed by atoms with Gasteiger partial charge < -0.3 is 15.2 Å². The minimum atomic E-state index is -0.813. The number of nitrogens with zero attached hydrogens (tertiary/aromatic N) is 1. The van der Waals surface area contributed by atoms with Gasteiger partial charge in [-0.3, -0.25) is 0 Å². The van der Waals surface area contributed by atoms with Gasteiger partial charge >= 0.3 is 6.09 Å². The summed E-state index contributed by atoms with van der Waals surface area (Å²) in [6.07, 6.45) is -1.40. The number of hydrogen-bond donors (Lipinski definition) is 2. The predicted molar refractivity (Wildman–Crippen MR) is 56.5 cm³/mol. The van der Waals surface area contributed by atoms with Crippen LogP contribution in [0.25, 0.3) is 0 Å². The van der Waals surface area contributed by atoms with Crippen LogP contribution >= 0.6 is 0 Å². The highest BCUT2D eigenvalue weighted by molar-refractivity contribution is 5.66. The van der Waals surface area contributed by atoms with E-state index in [1.165, 1.54) is 7.11 Å². The molecule has 1 aromatic rings. The molecule has 0 aliphatic carbocycles. The third-order valence-electron chi connectivity index (χ3n) is 2.05. The average molecular weight is 220 g/mol. The maximum absolute atomic E-state index is 10.8. The Hall–Kier alpha value is -2.06. The number of nitriles is 1. The van der Waals surface area contributed by atoms with Crippen molar-refractivity contribution in [2.75, 3.05) is 13.7 Å². The van der Waals surface area contributed by atoms with Gasteiger partial charge in [-0.15, -0.1) is 0 Å². The summed E-state index contributed by atoms with van der Waals surface area (Å²) in [4.78, 5) is 10.8. The van der Waals surface area contributed by atoms with Gasteiger partial charge in [0.15, 0.2) is 0 Å². The maximum Gasteiger partial charge on any atom is 0.406 e. The van der Waals surface area contributed by atoms with E-state index in [9.17, 15) is 9.90 Å². The Labute approximate surface area is 93.3 Å². The van der Waals surface area contributed by atoms with Gasteiger partial charge in [0.05, 0.1) is 31.4 Å². The second-order valence-electron chi connectivity index (χ2n) is 3.12. The van der Waals surface area contributed by atoms with Crippen LogP contribution in [0.5, 0.6) is 0 Å². The van der Waals surface area contributed by atoms with Gasteiger partial charge in [-0.05, 0) is 17.7 Å². The number of alkyl carbamates (subject to hydrolysis) is 1. The third kappa shape index (κ3) is 3.26. The first-order chi connectivity index (χ1) is 7.67. The fourth-order valence-electron chi connectivity index (χ4n) is 1.15. The molecule has 0 aromatic heterocycles. The summed E-state index contributed by atoms with van der Waals surface area (Å²) in [7, 11) is 1.25. The standard InChI is InChI=1S/C11H12N2O3/c1-16-11(15)13-7-10(14)9-4-2-8(6-12)3-5-9/h2-5,10,14H,7H2,1H3,(H,13,15)/t10-/m1/s1. The van der Waals surface area contributed by atoms with E-state index in [2.05, 4.69) is 10.1 Å². The van der Waals surface area contributed by atoms with Crippen molar-refractivity contribution in [2.24, 2.45) is 0 Å². The molecule has 16 heavy (non-hydrogen) atoms. The minimum Gasteiger partial charge on any atom is -0.453 e. The van der Waals surface area contributed by atoms with Gasteiger partial charge in [0.25, 0.3) is 0 Å². The van der Waals surface area contributed by atoms with Crippen molar-refractivity contribution >= 4 is 6.09 Å². The summed E-state index contributed by atoms with van der Waals surface area (Å²) in [5, 5.41) is 20.6. The molecule has 0 saturated heterocycles. The number of methoxy groups -OCH3 is 1. The second kappa shape index (κ2) is 5.73. The highest BCUT2D eigenvalue weighted by atomic mass is 16.5. The van der Waals surface area contributed by atoms with Crippen molar-refractivity contribution in [1.29, 1.82) is 5.26 Å². The Kier molecular flexibility index (Phi) is 4.30. The van der Waals surface area contributed by atoms with Gasteiger partial charge in [-0.25, -0.2) is 4.79 Å². The molecule has 5 nitrogen and oxygen atoms in total. The Balaban J connectivity index is 2.56. The van der Waals surface area contributed by atoms with Gasteiger partial charge in [0, 0.05) is 0 Å². The first-order valence-corrected chi connectivity index (χ1v) is 4.67. The van der Waals surface area contributed by atoms with E-state index in [1.54, 1.807) is 24.3 Å². The quantitative estimate of drug-likeness (QED) is 0.794. The van der Waals surface area contributed by atoms with Crippen molar-refractivity contribution in [3.05, 3.63) is 35.4 Å². The highest BCUT2D eigenvalue weighted by Crippen LogP contribution is 2.12. The van der Waals surface area contributed by atoms with Crippen LogP contribution in [0, 0.1) is 11.3 Å². The van der Waals surface area contributed by atoms with Crippen LogP contribution in [0.3, 0.4) is 0 Å². The number of hydrogen-bond acceptors (Lipinski definition) is 4. The van der Waals surface area contributed by atoms with Gasteiger partial charge in [-0.2, -0.15) is 5.26 Å². The summed E-state index contributed by atoms with van der Waals surface area (Å²) in [5.41, 5.74) is 1.16. The number of nitrogens with one attached hydrogen (secondary N) is 1. The number of rotatable bonds is 3. The van der Waals surface area contributed by atoms with Crippen LogP contribution in [-0.2, 0) is 4.74 Å². The third-order valence-corrected chi connectivity index (χ3v) is 2.05. The zero-order valence-corrected chi connectivity index (χ0v) is 8.80. The lowest BCUT2D eigenvalue weighted by Crippen LogP contribution is -2.28. The summed E-state index contributed by atoms with van der Waals surface area (Å²) < 4.78 is 4.37. The topological polar surface area (TPSA) is 82.3 Å². The molecule has 0 unspecified atom stereocenters. The molecule has 0 spiro atoms. The lowest BCUT2D eigenvalue weighted by Gasteiger charge is -2.11. The van der Waals surface area contributed by atoms with Crippen molar-refractivity contribution in [3.63, 3.8) is 0 Å². The van der Waals surface area contributed by atoms with Crippen molar-refractivity contribution in [2.45, 2.75) is 6.10 Å². The van der Waals surface area contributed by atoms with Crippen molar-refractivity contribution in [1.82, 2.24) is 5.32 Å². The van der Waals surface area contributed by atoms with Gasteiger partial charge in [0.2, 0.25) is 0 Å². The summed E-state index contributed by atoms with van der Waals surface area (Å²) in [6.45, 7) is 0.0680. The molecule has 1 amide bonds. The van der Waals surface area contributed by atoms with E-state index >= 15 is 0 Å². The van der Waals surface area contributed by atoms with Crippen LogP contribution in [0.1, 0.15) is 17.2 Å². The molecular formula is C11H12N2O3. The first kappa shape index (κ1) is 12.0. The first-order valence-electron chi connectivity index (χ1n) is 4.67. The normalized spacial score (nSPS) is 11.3. The largest absolute Gasteiger partial charge is 0.453 e. The number of carbonyl (C=O) groups is 1. The van der Waals surface area contributed by atoms with Crippen LogP contribution in [0.4, 0.5) is 4.79 Å². The van der Waals surface area contributed by atoms with E-state index in [-0.39, 0.29) is 6.54 Å². The molecular weight excluding hydrogens is 208 g/mol. The summed E-state index contributed by atoms with van der Waals surface area (Å²) >= 11 is 0. The van der Waals surface area contributed by atoms with Crippen LogP contribution < -0.4 is 5.32 Å². The average Bonchev–Trinajstić information content (AvgIpc) is 2.35. The van der Waals surface area contributed by atoms with Gasteiger partial charge in [-0.1, -0.05) is 12.1 Å². The Morgan fingerprint density at radius 3 is 2.69 bits per heavy atom. The zero-order valence-electron chi connectivity index (χ0n) is 8.80. The van der Waals surface area contributed by atoms with E-state index < -0.39 is 12.2 Å². The molecule has 1 atom stereocenters. The lowest BCUT2D eigenvalue weighted by atomic mass is 10.1. The van der Waals surface area contributed by atoms with E-state index in [0.717, 1.165) is 0 Å². The van der Waals surface area contributed by atoms with Crippen molar-refractivity contribution < 1.29 is 14.6 Å². The molecule has 0 fully saturated rings. The Morgan fingerprint density at radius 1 is 1.56 bits per heavy atom. The van der Waals surface area contributed by atoms with Crippen LogP contribution in [0.15, 0.2) is 24.3 Å². The Bertz CT molecular complexity index is 395. The van der Waals surface area contributed by atoms with Crippen LogP contribution in [-0.4, -0.2) is 24.9 Å². The second-order valence-corrected chi connectivity index (χ2v) is 3.12. The molecule has 5 heteroatoms.